The number of hydrogen-bond donors (Lipinski definition) is 2. The van der Waals surface area contributed by atoms with Crippen LogP contribution in [0.1, 0.15) is 37.0 Å². The Hall–Kier alpha value is -2.63. The highest BCUT2D eigenvalue weighted by atomic mass is 16.4. The van der Waals surface area contributed by atoms with Crippen LogP contribution in [0.15, 0.2) is 30.3 Å². The fraction of sp³-hybridized carbons (Fsp3) is 0.389. The predicted molar refractivity (Wildman–Crippen MR) is 94.5 cm³/mol. The Labute approximate surface area is 141 Å². The number of carbonyl (C=O) groups is 2. The summed E-state index contributed by atoms with van der Waals surface area (Å²) >= 11 is 0. The van der Waals surface area contributed by atoms with Gasteiger partial charge in [0.15, 0.2) is 0 Å². The van der Waals surface area contributed by atoms with E-state index >= 15 is 0 Å². The van der Waals surface area contributed by atoms with E-state index in [1.807, 2.05) is 57.1 Å². The molecule has 2 N–H and O–H groups in total. The summed E-state index contributed by atoms with van der Waals surface area (Å²) in [4.78, 5) is 29.9. The van der Waals surface area contributed by atoms with Crippen molar-refractivity contribution in [3.8, 4) is 0 Å². The Kier molecular flexibility index (Phi) is 5.07. The van der Waals surface area contributed by atoms with E-state index in [-0.39, 0.29) is 12.3 Å². The molecule has 0 spiro atoms. The van der Waals surface area contributed by atoms with Gasteiger partial charge in [0, 0.05) is 31.4 Å². The molecule has 2 rings (SSSR count). The second-order valence-electron chi connectivity index (χ2n) is 6.67. The Morgan fingerprint density at radius 2 is 1.92 bits per heavy atom. The number of carbonyl (C=O) groups excluding carboxylic acids is 1. The normalized spacial score (nSPS) is 11.3. The number of benzene rings is 1. The van der Waals surface area contributed by atoms with Crippen molar-refractivity contribution in [2.24, 2.45) is 0 Å². The number of aliphatic carboxylic acids is 1. The van der Waals surface area contributed by atoms with Crippen molar-refractivity contribution in [3.63, 3.8) is 0 Å². The van der Waals surface area contributed by atoms with Crippen LogP contribution in [0.25, 0.3) is 10.9 Å². The molecule has 0 unspecified atom stereocenters. The lowest BCUT2D eigenvalue weighted by Crippen LogP contribution is -2.43. The zero-order valence-electron chi connectivity index (χ0n) is 14.5. The minimum atomic E-state index is -0.874. The van der Waals surface area contributed by atoms with Crippen LogP contribution in [0.4, 0.5) is 5.82 Å². The summed E-state index contributed by atoms with van der Waals surface area (Å²) in [5, 5.41) is 12.6. The second-order valence-corrected chi connectivity index (χ2v) is 6.67. The van der Waals surface area contributed by atoms with E-state index < -0.39 is 11.5 Å². The van der Waals surface area contributed by atoms with Crippen LogP contribution in [-0.2, 0) is 4.79 Å². The molecule has 6 heteroatoms. The molecule has 0 aliphatic rings. The largest absolute Gasteiger partial charge is 0.481 e. The molecule has 0 atom stereocenters. The van der Waals surface area contributed by atoms with Gasteiger partial charge in [0.2, 0.25) is 0 Å². The number of fused-ring (bicyclic) bond motifs is 1. The van der Waals surface area contributed by atoms with Gasteiger partial charge < -0.3 is 15.3 Å². The van der Waals surface area contributed by atoms with Crippen molar-refractivity contribution in [3.05, 3.63) is 35.9 Å². The number of anilines is 1. The van der Waals surface area contributed by atoms with E-state index in [9.17, 15) is 9.59 Å². The number of hydrogen-bond acceptors (Lipinski definition) is 4. The molecule has 0 saturated heterocycles. The fourth-order valence-corrected chi connectivity index (χ4v) is 2.43. The number of carboxylic acids is 1. The molecule has 2 aromatic rings. The molecular formula is C18H23N3O3. The maximum atomic E-state index is 12.8. The molecule has 128 valence electrons. The summed E-state index contributed by atoms with van der Waals surface area (Å²) in [5.74, 6) is -0.407. The zero-order chi connectivity index (χ0) is 17.9. The number of nitrogens with one attached hydrogen (secondary N) is 1. The van der Waals surface area contributed by atoms with E-state index in [1.165, 1.54) is 0 Å². The number of nitrogens with zero attached hydrogens (tertiary/aromatic N) is 2. The van der Waals surface area contributed by atoms with Crippen LogP contribution in [-0.4, -0.2) is 41.6 Å². The first-order valence-electron chi connectivity index (χ1n) is 7.81. The number of rotatable bonds is 6. The van der Waals surface area contributed by atoms with E-state index in [4.69, 9.17) is 5.11 Å². The smallest absolute Gasteiger partial charge is 0.303 e. The minimum Gasteiger partial charge on any atom is -0.481 e. The van der Waals surface area contributed by atoms with E-state index in [0.717, 1.165) is 10.9 Å². The van der Waals surface area contributed by atoms with Crippen molar-refractivity contribution < 1.29 is 14.7 Å². The van der Waals surface area contributed by atoms with Gasteiger partial charge in [0.1, 0.15) is 5.82 Å². The number of aromatic nitrogens is 1. The minimum absolute atomic E-state index is 0.00726. The van der Waals surface area contributed by atoms with Crippen LogP contribution in [0, 0.1) is 0 Å². The molecule has 1 amide bonds. The molecule has 0 bridgehead atoms. The van der Waals surface area contributed by atoms with Gasteiger partial charge in [-0.25, -0.2) is 4.98 Å². The first-order chi connectivity index (χ1) is 11.2. The number of para-hydroxylation sites is 1. The van der Waals surface area contributed by atoms with Gasteiger partial charge >= 0.3 is 5.97 Å². The zero-order valence-corrected chi connectivity index (χ0v) is 14.5. The summed E-state index contributed by atoms with van der Waals surface area (Å²) in [7, 11) is 3.74. The van der Waals surface area contributed by atoms with Crippen molar-refractivity contribution >= 4 is 28.6 Å². The van der Waals surface area contributed by atoms with Crippen LogP contribution in [0.5, 0.6) is 0 Å². The number of pyridine rings is 1. The average Bonchev–Trinajstić information content (AvgIpc) is 2.51. The van der Waals surface area contributed by atoms with Gasteiger partial charge in [0.25, 0.3) is 5.91 Å². The third-order valence-electron chi connectivity index (χ3n) is 3.82. The Balaban J connectivity index is 2.36. The lowest BCUT2D eigenvalue weighted by atomic mass is 9.97. The highest BCUT2D eigenvalue weighted by molar-refractivity contribution is 6.07. The molecule has 24 heavy (non-hydrogen) atoms. The molecular weight excluding hydrogens is 306 g/mol. The number of amides is 1. The summed E-state index contributed by atoms with van der Waals surface area (Å²) in [6.07, 6.45) is 0.366. The molecule has 1 aromatic carbocycles. The van der Waals surface area contributed by atoms with Crippen LogP contribution in [0.2, 0.25) is 0 Å². The quantitative estimate of drug-likeness (QED) is 0.851. The first-order valence-corrected chi connectivity index (χ1v) is 7.81. The van der Waals surface area contributed by atoms with Crippen molar-refractivity contribution in [1.82, 2.24) is 10.3 Å². The molecule has 0 radical (unpaired) electrons. The summed E-state index contributed by atoms with van der Waals surface area (Å²) in [5.41, 5.74) is 0.669. The third kappa shape index (κ3) is 4.22. The first kappa shape index (κ1) is 17.7. The van der Waals surface area contributed by atoms with Gasteiger partial charge in [-0.1, -0.05) is 18.2 Å². The maximum absolute atomic E-state index is 12.8. The predicted octanol–water partition coefficient (Wildman–Crippen LogP) is 2.67. The van der Waals surface area contributed by atoms with Crippen LogP contribution >= 0.6 is 0 Å². The Bertz CT molecular complexity index is 769. The Morgan fingerprint density at radius 3 is 2.54 bits per heavy atom. The van der Waals surface area contributed by atoms with Gasteiger partial charge in [-0.2, -0.15) is 0 Å². The lowest BCUT2D eigenvalue weighted by molar-refractivity contribution is -0.137. The topological polar surface area (TPSA) is 82.5 Å². The molecule has 0 fully saturated rings. The maximum Gasteiger partial charge on any atom is 0.303 e. The lowest BCUT2D eigenvalue weighted by Gasteiger charge is -2.26. The standard InChI is InChI=1S/C18H23N3O3/c1-18(2,10-9-16(22)23)20-17(24)13-11-15(21(3)4)19-14-8-6-5-7-12(13)14/h5-8,11H,9-10H2,1-4H3,(H,20,24)(H,22,23). The van der Waals surface area contributed by atoms with E-state index in [1.54, 1.807) is 6.07 Å². The second kappa shape index (κ2) is 6.86. The summed E-state index contributed by atoms with van der Waals surface area (Å²) < 4.78 is 0. The van der Waals surface area contributed by atoms with E-state index in [0.29, 0.717) is 17.8 Å². The van der Waals surface area contributed by atoms with Crippen molar-refractivity contribution in [2.45, 2.75) is 32.2 Å². The monoisotopic (exact) mass is 329 g/mol. The molecule has 0 aliphatic heterocycles. The van der Waals surface area contributed by atoms with Crippen molar-refractivity contribution in [2.75, 3.05) is 19.0 Å². The van der Waals surface area contributed by atoms with Gasteiger partial charge in [0.05, 0.1) is 11.1 Å². The van der Waals surface area contributed by atoms with E-state index in [2.05, 4.69) is 10.3 Å². The van der Waals surface area contributed by atoms with Crippen LogP contribution in [0.3, 0.4) is 0 Å². The highest BCUT2D eigenvalue weighted by Crippen LogP contribution is 2.23. The Morgan fingerprint density at radius 1 is 1.25 bits per heavy atom. The highest BCUT2D eigenvalue weighted by Gasteiger charge is 2.23. The molecule has 0 aliphatic carbocycles. The van der Waals surface area contributed by atoms with Crippen molar-refractivity contribution in [1.29, 1.82) is 0 Å². The van der Waals surface area contributed by atoms with Gasteiger partial charge in [-0.15, -0.1) is 0 Å². The molecule has 0 saturated carbocycles. The molecule has 1 heterocycles. The molecule has 1 aromatic heterocycles. The van der Waals surface area contributed by atoms with Gasteiger partial charge in [-0.3, -0.25) is 9.59 Å². The third-order valence-corrected chi connectivity index (χ3v) is 3.82. The summed E-state index contributed by atoms with van der Waals surface area (Å²) in [6, 6.07) is 9.24. The molecule has 6 nitrogen and oxygen atoms in total. The number of carboxylic acid groups (broad SMARTS) is 1. The van der Waals surface area contributed by atoms with Gasteiger partial charge in [-0.05, 0) is 32.4 Å². The SMILES string of the molecule is CN(C)c1cc(C(=O)NC(C)(C)CCC(=O)O)c2ccccc2n1. The van der Waals surface area contributed by atoms with Crippen LogP contribution < -0.4 is 10.2 Å². The summed E-state index contributed by atoms with van der Waals surface area (Å²) in [6.45, 7) is 3.65. The fourth-order valence-electron chi connectivity index (χ4n) is 2.43. The average molecular weight is 329 g/mol.